The molecule has 0 bridgehead atoms. The summed E-state index contributed by atoms with van der Waals surface area (Å²) in [6.07, 6.45) is 0.980. The molecule has 0 N–H and O–H groups in total. The van der Waals surface area contributed by atoms with Gasteiger partial charge in [0, 0.05) is 4.83 Å². The van der Waals surface area contributed by atoms with Crippen LogP contribution in [-0.2, 0) is 6.42 Å². The summed E-state index contributed by atoms with van der Waals surface area (Å²) in [4.78, 5) is 0.348. The van der Waals surface area contributed by atoms with Crippen LogP contribution in [-0.4, -0.2) is 7.11 Å². The van der Waals surface area contributed by atoms with Crippen LogP contribution in [0.2, 0.25) is 0 Å². The number of hydrogen-bond donors (Lipinski definition) is 0. The Balaban J connectivity index is 2.15. The summed E-state index contributed by atoms with van der Waals surface area (Å²) in [5.41, 5.74) is 5.32. The van der Waals surface area contributed by atoms with Crippen LogP contribution in [0.3, 0.4) is 0 Å². The van der Waals surface area contributed by atoms with Gasteiger partial charge >= 0.3 is 0 Å². The number of ether oxygens (including phenoxy) is 1. The quantitative estimate of drug-likeness (QED) is 0.721. The molecule has 0 saturated heterocycles. The number of benzene rings is 2. The topological polar surface area (TPSA) is 9.23 Å². The Hall–Kier alpha value is -1.28. The van der Waals surface area contributed by atoms with Crippen molar-refractivity contribution >= 4 is 15.9 Å². The highest BCUT2D eigenvalue weighted by molar-refractivity contribution is 9.09. The standard InChI is InChI=1S/C17H19BrO/c1-12-4-5-13(2)16(10-12)17(18)11-14-6-8-15(19-3)9-7-14/h4-10,17H,11H2,1-3H3. The SMILES string of the molecule is COc1ccc(CC(Br)c2cc(C)ccc2C)cc1. The van der Waals surface area contributed by atoms with Crippen molar-refractivity contribution in [3.05, 3.63) is 64.7 Å². The molecule has 0 heterocycles. The molecule has 0 aromatic heterocycles. The van der Waals surface area contributed by atoms with Gasteiger partial charge < -0.3 is 4.74 Å². The Morgan fingerprint density at radius 3 is 2.37 bits per heavy atom. The Kier molecular flexibility index (Phi) is 4.65. The zero-order valence-electron chi connectivity index (χ0n) is 11.6. The summed E-state index contributed by atoms with van der Waals surface area (Å²) in [6.45, 7) is 4.30. The number of aryl methyl sites for hydroxylation is 2. The number of halogens is 1. The van der Waals surface area contributed by atoms with Gasteiger partial charge in [0.05, 0.1) is 7.11 Å². The Morgan fingerprint density at radius 1 is 1.05 bits per heavy atom. The number of hydrogen-bond acceptors (Lipinski definition) is 1. The average Bonchev–Trinajstić information content (AvgIpc) is 2.42. The summed E-state index contributed by atoms with van der Waals surface area (Å²) in [5.74, 6) is 0.904. The van der Waals surface area contributed by atoms with Crippen molar-refractivity contribution in [1.29, 1.82) is 0 Å². The third-order valence-corrected chi connectivity index (χ3v) is 4.16. The van der Waals surface area contributed by atoms with Crippen molar-refractivity contribution in [3.8, 4) is 5.75 Å². The van der Waals surface area contributed by atoms with E-state index in [0.29, 0.717) is 4.83 Å². The molecule has 2 aromatic carbocycles. The predicted molar refractivity (Wildman–Crippen MR) is 84.3 cm³/mol. The van der Waals surface area contributed by atoms with E-state index in [1.54, 1.807) is 7.11 Å². The third kappa shape index (κ3) is 3.60. The largest absolute Gasteiger partial charge is 0.497 e. The molecule has 1 nitrogen and oxygen atoms in total. The van der Waals surface area contributed by atoms with Crippen LogP contribution in [0.1, 0.15) is 27.1 Å². The molecule has 0 amide bonds. The maximum atomic E-state index is 5.18. The zero-order valence-corrected chi connectivity index (χ0v) is 13.2. The normalized spacial score (nSPS) is 12.2. The third-order valence-electron chi connectivity index (χ3n) is 3.35. The monoisotopic (exact) mass is 318 g/mol. The summed E-state index contributed by atoms with van der Waals surface area (Å²) in [7, 11) is 1.69. The van der Waals surface area contributed by atoms with Crippen LogP contribution in [0.5, 0.6) is 5.75 Å². The van der Waals surface area contributed by atoms with Gasteiger partial charge in [0.1, 0.15) is 5.75 Å². The van der Waals surface area contributed by atoms with E-state index < -0.39 is 0 Å². The summed E-state index contributed by atoms with van der Waals surface area (Å²) in [6, 6.07) is 14.9. The molecular formula is C17H19BrO. The van der Waals surface area contributed by atoms with Gasteiger partial charge in [-0.15, -0.1) is 0 Å². The first-order valence-electron chi connectivity index (χ1n) is 6.44. The molecule has 0 radical (unpaired) electrons. The lowest BCUT2D eigenvalue weighted by atomic mass is 9.98. The molecule has 2 heteroatoms. The summed E-state index contributed by atoms with van der Waals surface area (Å²) < 4.78 is 5.18. The van der Waals surface area contributed by atoms with E-state index in [2.05, 4.69) is 60.1 Å². The molecule has 0 saturated carbocycles. The Labute approximate surface area is 123 Å². The molecule has 1 unspecified atom stereocenters. The van der Waals surface area contributed by atoms with Crippen LogP contribution < -0.4 is 4.74 Å². The molecule has 2 rings (SSSR count). The average molecular weight is 319 g/mol. The number of methoxy groups -OCH3 is 1. The fourth-order valence-corrected chi connectivity index (χ4v) is 3.04. The molecule has 0 spiro atoms. The van der Waals surface area contributed by atoms with Crippen molar-refractivity contribution in [1.82, 2.24) is 0 Å². The Bertz CT molecular complexity index is 546. The maximum Gasteiger partial charge on any atom is 0.118 e. The summed E-state index contributed by atoms with van der Waals surface area (Å²) in [5, 5.41) is 0. The molecule has 0 aliphatic heterocycles. The van der Waals surface area contributed by atoms with Crippen molar-refractivity contribution in [2.45, 2.75) is 25.1 Å². The van der Waals surface area contributed by atoms with Gasteiger partial charge in [0.15, 0.2) is 0 Å². The molecule has 100 valence electrons. The van der Waals surface area contributed by atoms with Crippen LogP contribution in [0.15, 0.2) is 42.5 Å². The fraction of sp³-hybridized carbons (Fsp3) is 0.294. The minimum Gasteiger partial charge on any atom is -0.497 e. The second kappa shape index (κ2) is 6.25. The maximum absolute atomic E-state index is 5.18. The van der Waals surface area contributed by atoms with Gasteiger partial charge in [-0.3, -0.25) is 0 Å². The highest BCUT2D eigenvalue weighted by atomic mass is 79.9. The van der Waals surface area contributed by atoms with Gasteiger partial charge in [-0.05, 0) is 49.1 Å². The number of alkyl halides is 1. The minimum absolute atomic E-state index is 0.348. The van der Waals surface area contributed by atoms with Crippen molar-refractivity contribution in [2.24, 2.45) is 0 Å². The van der Waals surface area contributed by atoms with Gasteiger partial charge in [-0.1, -0.05) is 51.8 Å². The van der Waals surface area contributed by atoms with Crippen molar-refractivity contribution in [2.75, 3.05) is 7.11 Å². The highest BCUT2D eigenvalue weighted by Gasteiger charge is 2.11. The lowest BCUT2D eigenvalue weighted by Crippen LogP contribution is -1.98. The van der Waals surface area contributed by atoms with E-state index in [1.807, 2.05) is 12.1 Å². The van der Waals surface area contributed by atoms with E-state index >= 15 is 0 Å². The first-order valence-corrected chi connectivity index (χ1v) is 7.36. The van der Waals surface area contributed by atoms with Gasteiger partial charge in [-0.25, -0.2) is 0 Å². The molecule has 0 aliphatic rings. The molecular weight excluding hydrogens is 300 g/mol. The van der Waals surface area contributed by atoms with Gasteiger partial charge in [0.25, 0.3) is 0 Å². The van der Waals surface area contributed by atoms with E-state index in [-0.39, 0.29) is 0 Å². The van der Waals surface area contributed by atoms with Crippen molar-refractivity contribution in [3.63, 3.8) is 0 Å². The number of rotatable bonds is 4. The van der Waals surface area contributed by atoms with Crippen molar-refractivity contribution < 1.29 is 4.74 Å². The van der Waals surface area contributed by atoms with Crippen LogP contribution in [0.25, 0.3) is 0 Å². The Morgan fingerprint density at radius 2 is 1.74 bits per heavy atom. The second-order valence-corrected chi connectivity index (χ2v) is 5.99. The van der Waals surface area contributed by atoms with E-state index in [1.165, 1.54) is 22.3 Å². The molecule has 2 aromatic rings. The molecule has 1 atom stereocenters. The minimum atomic E-state index is 0.348. The molecule has 0 aliphatic carbocycles. The fourth-order valence-electron chi connectivity index (χ4n) is 2.18. The first kappa shape index (κ1) is 14.1. The molecule has 0 fully saturated rings. The first-order chi connectivity index (χ1) is 9.10. The van der Waals surface area contributed by atoms with E-state index in [4.69, 9.17) is 4.74 Å². The molecule has 19 heavy (non-hydrogen) atoms. The van der Waals surface area contributed by atoms with Crippen LogP contribution >= 0.6 is 15.9 Å². The van der Waals surface area contributed by atoms with Crippen LogP contribution in [0, 0.1) is 13.8 Å². The smallest absolute Gasteiger partial charge is 0.118 e. The highest BCUT2D eigenvalue weighted by Crippen LogP contribution is 2.30. The predicted octanol–water partition coefficient (Wildman–Crippen LogP) is 4.99. The van der Waals surface area contributed by atoms with E-state index in [0.717, 1.165) is 12.2 Å². The second-order valence-electron chi connectivity index (χ2n) is 4.88. The lowest BCUT2D eigenvalue weighted by Gasteiger charge is -2.14. The van der Waals surface area contributed by atoms with Crippen LogP contribution in [0.4, 0.5) is 0 Å². The zero-order chi connectivity index (χ0) is 13.8. The lowest BCUT2D eigenvalue weighted by molar-refractivity contribution is 0.414. The van der Waals surface area contributed by atoms with Gasteiger partial charge in [0.2, 0.25) is 0 Å². The summed E-state index contributed by atoms with van der Waals surface area (Å²) >= 11 is 3.81. The van der Waals surface area contributed by atoms with Gasteiger partial charge in [-0.2, -0.15) is 0 Å². The van der Waals surface area contributed by atoms with E-state index in [9.17, 15) is 0 Å².